The Kier molecular flexibility index (Phi) is 6.80. The molecule has 0 atom stereocenters. The summed E-state index contributed by atoms with van der Waals surface area (Å²) in [6.07, 6.45) is 0. The van der Waals surface area contributed by atoms with Gasteiger partial charge in [0.25, 0.3) is 0 Å². The second-order valence-electron chi connectivity index (χ2n) is 5.07. The molecule has 0 radical (unpaired) electrons. The first-order chi connectivity index (χ1) is 11.1. The fourth-order valence-electron chi connectivity index (χ4n) is 2.49. The van der Waals surface area contributed by atoms with Crippen molar-refractivity contribution in [3.63, 3.8) is 0 Å². The molecule has 0 saturated carbocycles. The van der Waals surface area contributed by atoms with Gasteiger partial charge in [-0.3, -0.25) is 0 Å². The summed E-state index contributed by atoms with van der Waals surface area (Å²) in [6, 6.07) is 17.0. The average Bonchev–Trinajstić information content (AvgIpc) is 2.90. The summed E-state index contributed by atoms with van der Waals surface area (Å²) < 4.78 is 1.76. The van der Waals surface area contributed by atoms with E-state index in [0.717, 1.165) is 11.3 Å². The third-order valence-corrected chi connectivity index (χ3v) is 4.06. The molecule has 1 heterocycles. The largest absolute Gasteiger partial charge is 1.00 e. The van der Waals surface area contributed by atoms with Gasteiger partial charge < -0.3 is 10.1 Å². The average molecular weight is 364 g/mol. The summed E-state index contributed by atoms with van der Waals surface area (Å²) in [5, 5.41) is 8.83. The van der Waals surface area contributed by atoms with E-state index < -0.39 is 0 Å². The number of halogens is 1. The van der Waals surface area contributed by atoms with Crippen LogP contribution in [0.25, 0.3) is 22.3 Å². The number of para-hydroxylation sites is 1. The molecule has 2 aromatic carbocycles. The van der Waals surface area contributed by atoms with E-state index in [0.29, 0.717) is 22.0 Å². The van der Waals surface area contributed by atoms with Crippen molar-refractivity contribution in [2.45, 2.75) is 6.92 Å². The Morgan fingerprint density at radius 2 is 1.71 bits per heavy atom. The Hall–Kier alpha value is -0.954. The Balaban J connectivity index is 0.00000208. The molecule has 0 bridgehead atoms. The van der Waals surface area contributed by atoms with Crippen molar-refractivity contribution in [3.8, 4) is 16.9 Å². The number of aryl methyl sites for hydroxylation is 1. The number of hydrogen-bond acceptors (Lipinski definition) is 2. The Bertz CT molecular complexity index is 862. The number of rotatable bonds is 3. The zero-order valence-electron chi connectivity index (χ0n) is 13.8. The van der Waals surface area contributed by atoms with Crippen molar-refractivity contribution in [1.82, 2.24) is 9.78 Å². The van der Waals surface area contributed by atoms with Crippen LogP contribution < -0.4 is 51.4 Å². The number of amides is 1. The van der Waals surface area contributed by atoms with Gasteiger partial charge in [0.1, 0.15) is 0 Å². The SMILES string of the molecule is C[N-]C(=O)c1ccccc1-c1c(Cl)c(C)nn1-c1ccccc1.[K+]. The molecule has 0 saturated heterocycles. The molecule has 0 N–H and O–H groups in total. The third kappa shape index (κ3) is 3.66. The molecule has 3 aromatic rings. The van der Waals surface area contributed by atoms with Gasteiger partial charge in [-0.25, -0.2) is 4.68 Å². The van der Waals surface area contributed by atoms with Crippen molar-refractivity contribution in [1.29, 1.82) is 0 Å². The minimum absolute atomic E-state index is 0. The predicted octanol–water partition coefficient (Wildman–Crippen LogP) is 1.65. The van der Waals surface area contributed by atoms with Gasteiger partial charge in [0.05, 0.1) is 28.0 Å². The number of aromatic nitrogens is 2. The first-order valence-electron chi connectivity index (χ1n) is 7.17. The topological polar surface area (TPSA) is 49.0 Å². The summed E-state index contributed by atoms with van der Waals surface area (Å²) in [6.45, 7) is 1.85. The van der Waals surface area contributed by atoms with Crippen LogP contribution in [-0.4, -0.2) is 22.7 Å². The Labute approximate surface area is 188 Å². The van der Waals surface area contributed by atoms with E-state index in [1.54, 1.807) is 10.7 Å². The van der Waals surface area contributed by atoms with Gasteiger partial charge in [0.15, 0.2) is 0 Å². The van der Waals surface area contributed by atoms with Crippen LogP contribution in [-0.2, 0) is 0 Å². The molecule has 4 nitrogen and oxygen atoms in total. The second-order valence-corrected chi connectivity index (χ2v) is 5.45. The maximum atomic E-state index is 12.1. The van der Waals surface area contributed by atoms with E-state index in [2.05, 4.69) is 10.4 Å². The van der Waals surface area contributed by atoms with E-state index >= 15 is 0 Å². The molecule has 1 aromatic heterocycles. The smallest absolute Gasteiger partial charge is 0.652 e. The molecular weight excluding hydrogens is 349 g/mol. The minimum atomic E-state index is -0.282. The zero-order valence-corrected chi connectivity index (χ0v) is 17.7. The van der Waals surface area contributed by atoms with E-state index in [1.165, 1.54) is 7.05 Å². The zero-order chi connectivity index (χ0) is 16.4. The fraction of sp³-hybridized carbons (Fsp3) is 0.111. The third-order valence-electron chi connectivity index (χ3n) is 3.60. The summed E-state index contributed by atoms with van der Waals surface area (Å²) in [5.74, 6) is -0.282. The minimum Gasteiger partial charge on any atom is -0.652 e. The molecule has 6 heteroatoms. The molecule has 0 aliphatic heterocycles. The fourth-order valence-corrected chi connectivity index (χ4v) is 2.71. The maximum absolute atomic E-state index is 12.1. The molecule has 0 spiro atoms. The van der Waals surface area contributed by atoms with Gasteiger partial charge >= 0.3 is 51.4 Å². The van der Waals surface area contributed by atoms with Crippen LogP contribution in [0.2, 0.25) is 5.02 Å². The van der Waals surface area contributed by atoms with Crippen LogP contribution in [0.5, 0.6) is 0 Å². The van der Waals surface area contributed by atoms with Crippen molar-refractivity contribution in [2.75, 3.05) is 7.05 Å². The van der Waals surface area contributed by atoms with Gasteiger partial charge in [-0.15, -0.1) is 7.05 Å². The predicted molar refractivity (Wildman–Crippen MR) is 92.4 cm³/mol. The van der Waals surface area contributed by atoms with Crippen molar-refractivity contribution < 1.29 is 56.2 Å². The van der Waals surface area contributed by atoms with Gasteiger partial charge in [-0.05, 0) is 19.1 Å². The van der Waals surface area contributed by atoms with E-state index in [4.69, 9.17) is 11.6 Å². The number of nitrogens with zero attached hydrogens (tertiary/aromatic N) is 3. The van der Waals surface area contributed by atoms with Crippen molar-refractivity contribution in [2.24, 2.45) is 0 Å². The normalized spacial score (nSPS) is 10.1. The molecule has 116 valence electrons. The van der Waals surface area contributed by atoms with Crippen molar-refractivity contribution in [3.05, 3.63) is 76.2 Å². The molecular formula is C18H15ClKN3O. The molecule has 0 aliphatic rings. The number of carbonyl (C=O) groups excluding carboxylic acids is 1. The molecule has 3 rings (SSSR count). The van der Waals surface area contributed by atoms with Crippen LogP contribution in [0.4, 0.5) is 0 Å². The summed E-state index contributed by atoms with van der Waals surface area (Å²) in [7, 11) is 1.49. The number of carbonyl (C=O) groups is 1. The first kappa shape index (κ1) is 19.4. The molecule has 0 fully saturated rings. The van der Waals surface area contributed by atoms with Gasteiger partial charge in [-0.2, -0.15) is 5.10 Å². The van der Waals surface area contributed by atoms with Gasteiger partial charge in [-0.1, -0.05) is 54.1 Å². The Morgan fingerprint density at radius 3 is 2.38 bits per heavy atom. The summed E-state index contributed by atoms with van der Waals surface area (Å²) in [4.78, 5) is 12.1. The molecule has 0 aliphatic carbocycles. The summed E-state index contributed by atoms with van der Waals surface area (Å²) in [5.41, 5.74) is 3.52. The monoisotopic (exact) mass is 363 g/mol. The van der Waals surface area contributed by atoms with Crippen LogP contribution in [0, 0.1) is 6.92 Å². The second kappa shape index (κ2) is 8.42. The molecule has 1 amide bonds. The van der Waals surface area contributed by atoms with Crippen LogP contribution in [0.3, 0.4) is 0 Å². The number of benzene rings is 2. The maximum Gasteiger partial charge on any atom is 1.00 e. The number of hydrogen-bond donors (Lipinski definition) is 0. The van der Waals surface area contributed by atoms with E-state index in [9.17, 15) is 4.79 Å². The van der Waals surface area contributed by atoms with Gasteiger partial charge in [0.2, 0.25) is 0 Å². The van der Waals surface area contributed by atoms with Crippen LogP contribution in [0.15, 0.2) is 54.6 Å². The Morgan fingerprint density at radius 1 is 1.08 bits per heavy atom. The first-order valence-corrected chi connectivity index (χ1v) is 7.55. The molecule has 0 unspecified atom stereocenters. The van der Waals surface area contributed by atoms with E-state index in [-0.39, 0.29) is 57.3 Å². The van der Waals surface area contributed by atoms with Crippen LogP contribution >= 0.6 is 11.6 Å². The van der Waals surface area contributed by atoms with Crippen molar-refractivity contribution >= 4 is 17.5 Å². The van der Waals surface area contributed by atoms with Crippen LogP contribution in [0.1, 0.15) is 16.1 Å². The van der Waals surface area contributed by atoms with E-state index in [1.807, 2.05) is 55.5 Å². The van der Waals surface area contributed by atoms with Gasteiger partial charge in [0, 0.05) is 11.1 Å². The molecule has 24 heavy (non-hydrogen) atoms. The summed E-state index contributed by atoms with van der Waals surface area (Å²) >= 11 is 6.49. The quantitative estimate of drug-likeness (QED) is 0.664. The standard InChI is InChI=1S/C18H16ClN3O.K/c1-12-16(19)17(22(21-12)13-8-4-3-5-9-13)14-10-6-7-11-15(14)18(23)20-2;/h3-11H,1-2H3,(H,20,23);/q;+1/p-1.